The molecule has 0 bridgehead atoms. The first-order chi connectivity index (χ1) is 7.24. The van der Waals surface area contributed by atoms with Crippen LogP contribution in [0.25, 0.3) is 0 Å². The van der Waals surface area contributed by atoms with E-state index in [0.29, 0.717) is 32.2 Å². The lowest BCUT2D eigenvalue weighted by molar-refractivity contribution is -0.134. The van der Waals surface area contributed by atoms with Crippen molar-refractivity contribution >= 4 is 18.3 Å². The SMILES string of the molecule is COCC(C)CNC(=O)C1CNCCO1.Cl. The Labute approximate surface area is 103 Å². The van der Waals surface area contributed by atoms with Gasteiger partial charge in [-0.1, -0.05) is 6.92 Å². The van der Waals surface area contributed by atoms with Gasteiger partial charge in [-0.3, -0.25) is 4.79 Å². The topological polar surface area (TPSA) is 59.6 Å². The van der Waals surface area contributed by atoms with E-state index in [9.17, 15) is 4.79 Å². The lowest BCUT2D eigenvalue weighted by Gasteiger charge is -2.23. The quantitative estimate of drug-likeness (QED) is 0.711. The summed E-state index contributed by atoms with van der Waals surface area (Å²) in [6.45, 7) is 5.35. The second-order valence-electron chi connectivity index (χ2n) is 3.87. The van der Waals surface area contributed by atoms with Crippen molar-refractivity contribution in [2.45, 2.75) is 13.0 Å². The van der Waals surface area contributed by atoms with Gasteiger partial charge in [0.2, 0.25) is 5.91 Å². The Bertz CT molecular complexity index is 199. The van der Waals surface area contributed by atoms with E-state index in [1.165, 1.54) is 0 Å². The largest absolute Gasteiger partial charge is 0.384 e. The number of methoxy groups -OCH3 is 1. The van der Waals surface area contributed by atoms with E-state index in [2.05, 4.69) is 10.6 Å². The van der Waals surface area contributed by atoms with E-state index in [4.69, 9.17) is 9.47 Å². The first-order valence-corrected chi connectivity index (χ1v) is 5.33. The summed E-state index contributed by atoms with van der Waals surface area (Å²) < 4.78 is 10.3. The van der Waals surface area contributed by atoms with Crippen LogP contribution in [-0.4, -0.2) is 52.0 Å². The highest BCUT2D eigenvalue weighted by Gasteiger charge is 2.21. The lowest BCUT2D eigenvalue weighted by Crippen LogP contribution is -2.48. The number of nitrogens with one attached hydrogen (secondary N) is 2. The Balaban J connectivity index is 0.00000225. The predicted molar refractivity (Wildman–Crippen MR) is 63.9 cm³/mol. The van der Waals surface area contributed by atoms with Crippen LogP contribution in [0.15, 0.2) is 0 Å². The van der Waals surface area contributed by atoms with E-state index in [1.807, 2.05) is 6.92 Å². The van der Waals surface area contributed by atoms with E-state index < -0.39 is 0 Å². The number of amides is 1. The van der Waals surface area contributed by atoms with Crippen molar-refractivity contribution in [2.75, 3.05) is 40.0 Å². The van der Waals surface area contributed by atoms with Gasteiger partial charge in [-0.25, -0.2) is 0 Å². The van der Waals surface area contributed by atoms with Crippen molar-refractivity contribution in [2.24, 2.45) is 5.92 Å². The van der Waals surface area contributed by atoms with Gasteiger partial charge < -0.3 is 20.1 Å². The molecule has 0 saturated carbocycles. The Morgan fingerprint density at radius 3 is 3.00 bits per heavy atom. The molecule has 5 nitrogen and oxygen atoms in total. The summed E-state index contributed by atoms with van der Waals surface area (Å²) in [7, 11) is 1.66. The fraction of sp³-hybridized carbons (Fsp3) is 0.900. The molecule has 1 fully saturated rings. The molecule has 1 heterocycles. The Kier molecular flexibility index (Phi) is 8.56. The number of hydrogen-bond donors (Lipinski definition) is 2. The molecule has 1 saturated heterocycles. The molecular weight excluding hydrogens is 232 g/mol. The van der Waals surface area contributed by atoms with Gasteiger partial charge in [0.05, 0.1) is 13.2 Å². The van der Waals surface area contributed by atoms with Crippen molar-refractivity contribution in [3.8, 4) is 0 Å². The number of rotatable bonds is 5. The second-order valence-corrected chi connectivity index (χ2v) is 3.87. The van der Waals surface area contributed by atoms with Gasteiger partial charge in [0, 0.05) is 26.7 Å². The van der Waals surface area contributed by atoms with Crippen LogP contribution in [0.1, 0.15) is 6.92 Å². The van der Waals surface area contributed by atoms with Gasteiger partial charge in [-0.2, -0.15) is 0 Å². The van der Waals surface area contributed by atoms with Gasteiger partial charge in [-0.15, -0.1) is 12.4 Å². The van der Waals surface area contributed by atoms with E-state index in [-0.39, 0.29) is 24.4 Å². The molecule has 96 valence electrons. The van der Waals surface area contributed by atoms with Crippen molar-refractivity contribution in [1.82, 2.24) is 10.6 Å². The number of halogens is 1. The second kappa shape index (κ2) is 8.75. The number of carbonyl (C=O) groups is 1. The maximum atomic E-state index is 11.6. The Hall–Kier alpha value is -0.360. The Morgan fingerprint density at radius 1 is 1.69 bits per heavy atom. The molecule has 6 heteroatoms. The van der Waals surface area contributed by atoms with E-state index in [0.717, 1.165) is 6.54 Å². The smallest absolute Gasteiger partial charge is 0.250 e. The van der Waals surface area contributed by atoms with E-state index in [1.54, 1.807) is 7.11 Å². The zero-order chi connectivity index (χ0) is 11.1. The molecule has 0 aromatic carbocycles. The van der Waals surface area contributed by atoms with Gasteiger partial charge in [0.25, 0.3) is 0 Å². The third kappa shape index (κ3) is 5.65. The number of ether oxygens (including phenoxy) is 2. The fourth-order valence-electron chi connectivity index (χ4n) is 1.47. The van der Waals surface area contributed by atoms with Crippen molar-refractivity contribution < 1.29 is 14.3 Å². The van der Waals surface area contributed by atoms with Gasteiger partial charge in [-0.05, 0) is 5.92 Å². The van der Waals surface area contributed by atoms with Gasteiger partial charge in [0.1, 0.15) is 6.10 Å². The number of morpholine rings is 1. The molecule has 1 amide bonds. The van der Waals surface area contributed by atoms with Crippen LogP contribution in [0.4, 0.5) is 0 Å². The molecule has 1 aliphatic rings. The molecule has 0 aromatic rings. The molecule has 2 N–H and O–H groups in total. The third-order valence-corrected chi connectivity index (χ3v) is 2.30. The summed E-state index contributed by atoms with van der Waals surface area (Å²) >= 11 is 0. The van der Waals surface area contributed by atoms with Crippen LogP contribution >= 0.6 is 12.4 Å². The molecule has 0 aliphatic carbocycles. The summed E-state index contributed by atoms with van der Waals surface area (Å²) in [4.78, 5) is 11.6. The van der Waals surface area contributed by atoms with Crippen LogP contribution in [0.3, 0.4) is 0 Å². The van der Waals surface area contributed by atoms with Gasteiger partial charge in [0.15, 0.2) is 0 Å². The zero-order valence-corrected chi connectivity index (χ0v) is 10.6. The molecular formula is C10H21ClN2O3. The monoisotopic (exact) mass is 252 g/mol. The maximum absolute atomic E-state index is 11.6. The molecule has 1 rings (SSSR count). The van der Waals surface area contributed by atoms with Crippen LogP contribution in [0.2, 0.25) is 0 Å². The Morgan fingerprint density at radius 2 is 2.44 bits per heavy atom. The molecule has 0 spiro atoms. The molecule has 16 heavy (non-hydrogen) atoms. The summed E-state index contributed by atoms with van der Waals surface area (Å²) in [6.07, 6.45) is -0.339. The molecule has 2 unspecified atom stereocenters. The molecule has 1 aliphatic heterocycles. The fourth-order valence-corrected chi connectivity index (χ4v) is 1.47. The van der Waals surface area contributed by atoms with Crippen LogP contribution < -0.4 is 10.6 Å². The standard InChI is InChI=1S/C10H20N2O3.ClH/c1-8(7-14-2)5-12-10(13)9-6-11-3-4-15-9;/h8-9,11H,3-7H2,1-2H3,(H,12,13);1H. The zero-order valence-electron chi connectivity index (χ0n) is 9.82. The maximum Gasteiger partial charge on any atom is 0.250 e. The van der Waals surface area contributed by atoms with Gasteiger partial charge >= 0.3 is 0 Å². The third-order valence-electron chi connectivity index (χ3n) is 2.30. The highest BCUT2D eigenvalue weighted by atomic mass is 35.5. The first kappa shape index (κ1) is 15.6. The average molecular weight is 253 g/mol. The molecule has 0 radical (unpaired) electrons. The minimum atomic E-state index is -0.339. The summed E-state index contributed by atoms with van der Waals surface area (Å²) in [5.74, 6) is 0.292. The highest BCUT2D eigenvalue weighted by Crippen LogP contribution is 1.97. The highest BCUT2D eigenvalue weighted by molar-refractivity contribution is 5.85. The number of hydrogen-bond acceptors (Lipinski definition) is 4. The van der Waals surface area contributed by atoms with E-state index >= 15 is 0 Å². The van der Waals surface area contributed by atoms with Crippen molar-refractivity contribution in [1.29, 1.82) is 0 Å². The average Bonchev–Trinajstić information content (AvgIpc) is 2.27. The first-order valence-electron chi connectivity index (χ1n) is 5.33. The minimum Gasteiger partial charge on any atom is -0.384 e. The minimum absolute atomic E-state index is 0. The predicted octanol–water partition coefficient (Wildman–Crippen LogP) is -0.205. The normalized spacial score (nSPS) is 22.0. The number of carbonyl (C=O) groups excluding carboxylic acids is 1. The van der Waals surface area contributed by atoms with Crippen molar-refractivity contribution in [3.63, 3.8) is 0 Å². The van der Waals surface area contributed by atoms with Crippen LogP contribution in [0.5, 0.6) is 0 Å². The van der Waals surface area contributed by atoms with Crippen LogP contribution in [-0.2, 0) is 14.3 Å². The molecule has 2 atom stereocenters. The lowest BCUT2D eigenvalue weighted by atomic mass is 10.2. The van der Waals surface area contributed by atoms with Crippen molar-refractivity contribution in [3.05, 3.63) is 0 Å². The molecule has 0 aromatic heterocycles. The summed E-state index contributed by atoms with van der Waals surface area (Å²) in [5.41, 5.74) is 0. The summed E-state index contributed by atoms with van der Waals surface area (Å²) in [6, 6.07) is 0. The summed E-state index contributed by atoms with van der Waals surface area (Å²) in [5, 5.41) is 5.97. The van der Waals surface area contributed by atoms with Crippen LogP contribution in [0, 0.1) is 5.92 Å².